The van der Waals surface area contributed by atoms with Crippen LogP contribution in [0.2, 0.25) is 0 Å². The van der Waals surface area contributed by atoms with Crippen molar-refractivity contribution in [2.45, 2.75) is 13.0 Å². The van der Waals surface area contributed by atoms with Gasteiger partial charge in [0.05, 0.1) is 6.20 Å². The second kappa shape index (κ2) is 3.12. The summed E-state index contributed by atoms with van der Waals surface area (Å²) >= 11 is 0. The van der Waals surface area contributed by atoms with Crippen LogP contribution in [0.3, 0.4) is 0 Å². The lowest BCUT2D eigenvalue weighted by Gasteiger charge is -2.04. The van der Waals surface area contributed by atoms with Gasteiger partial charge < -0.3 is 5.73 Å². The number of hydrogen-bond donors (Lipinski definition) is 1. The molecule has 6 heteroatoms. The topological polar surface area (TPSA) is 90.9 Å². The molecule has 0 spiro atoms. The van der Waals surface area contributed by atoms with Crippen molar-refractivity contribution in [1.82, 2.24) is 15.0 Å². The summed E-state index contributed by atoms with van der Waals surface area (Å²) in [5, 5.41) is 7.02. The minimum Gasteiger partial charge on any atom is -0.368 e. The summed E-state index contributed by atoms with van der Waals surface area (Å²) in [5.41, 5.74) is 5.19. The Morgan fingerprint density at radius 3 is 2.92 bits per heavy atom. The molecule has 1 rings (SSSR count). The molecule has 1 aromatic heterocycles. The van der Waals surface area contributed by atoms with Crippen molar-refractivity contribution < 1.29 is 9.59 Å². The predicted molar refractivity (Wildman–Crippen MR) is 39.3 cm³/mol. The maximum Gasteiger partial charge on any atom is 0.242 e. The molecule has 0 aliphatic rings. The van der Waals surface area contributed by atoms with Crippen molar-refractivity contribution in [3.8, 4) is 0 Å². The lowest BCUT2D eigenvalue weighted by molar-refractivity contribution is -0.120. The van der Waals surface area contributed by atoms with Gasteiger partial charge in [0.1, 0.15) is 11.7 Å². The molecule has 0 bridgehead atoms. The molecule has 0 aliphatic heterocycles. The van der Waals surface area contributed by atoms with Crippen LogP contribution in [0.5, 0.6) is 0 Å². The minimum absolute atomic E-state index is 0.183. The molecule has 0 fully saturated rings. The van der Waals surface area contributed by atoms with Gasteiger partial charge in [-0.05, 0) is 6.92 Å². The zero-order chi connectivity index (χ0) is 9.14. The molecule has 0 aromatic carbocycles. The van der Waals surface area contributed by atoms with E-state index in [4.69, 9.17) is 5.73 Å². The lowest BCUT2D eigenvalue weighted by Crippen LogP contribution is -2.24. The Labute approximate surface area is 68.3 Å². The fourth-order valence-corrected chi connectivity index (χ4v) is 0.664. The highest BCUT2D eigenvalue weighted by atomic mass is 16.1. The van der Waals surface area contributed by atoms with E-state index in [1.807, 2.05) is 0 Å². The number of nitrogens with two attached hydrogens (primary N) is 1. The van der Waals surface area contributed by atoms with E-state index in [9.17, 15) is 9.59 Å². The van der Waals surface area contributed by atoms with Crippen molar-refractivity contribution >= 4 is 12.2 Å². The first kappa shape index (κ1) is 8.38. The van der Waals surface area contributed by atoms with E-state index < -0.39 is 11.9 Å². The third-order valence-electron chi connectivity index (χ3n) is 1.46. The van der Waals surface area contributed by atoms with E-state index in [-0.39, 0.29) is 5.69 Å². The fraction of sp³-hybridized carbons (Fsp3) is 0.333. The molecule has 0 saturated heterocycles. The van der Waals surface area contributed by atoms with Gasteiger partial charge in [-0.3, -0.25) is 9.59 Å². The van der Waals surface area contributed by atoms with Gasteiger partial charge in [-0.15, -0.1) is 5.10 Å². The molecule has 2 N–H and O–H groups in total. The summed E-state index contributed by atoms with van der Waals surface area (Å²) in [7, 11) is 0. The van der Waals surface area contributed by atoms with Crippen LogP contribution in [-0.4, -0.2) is 27.2 Å². The smallest absolute Gasteiger partial charge is 0.242 e. The molecule has 0 saturated carbocycles. The Balaban J connectivity index is 2.88. The van der Waals surface area contributed by atoms with Gasteiger partial charge in [0.15, 0.2) is 6.29 Å². The Morgan fingerprint density at radius 1 is 1.83 bits per heavy atom. The molecule has 1 heterocycles. The number of amides is 1. The van der Waals surface area contributed by atoms with E-state index in [1.54, 1.807) is 6.92 Å². The van der Waals surface area contributed by atoms with Gasteiger partial charge in [0.25, 0.3) is 0 Å². The average Bonchev–Trinajstić information content (AvgIpc) is 2.50. The fourth-order valence-electron chi connectivity index (χ4n) is 0.664. The summed E-state index contributed by atoms with van der Waals surface area (Å²) in [4.78, 5) is 20.8. The van der Waals surface area contributed by atoms with Crippen LogP contribution >= 0.6 is 0 Å². The Bertz CT molecular complexity index is 306. The number of aromatic nitrogens is 3. The van der Waals surface area contributed by atoms with Crippen LogP contribution in [0, 0.1) is 0 Å². The molecular formula is C6H8N4O2. The molecule has 1 aromatic rings. The predicted octanol–water partition coefficient (Wildman–Crippen LogP) is -0.863. The Kier molecular flexibility index (Phi) is 2.18. The quantitative estimate of drug-likeness (QED) is 0.594. The number of hydrogen-bond acceptors (Lipinski definition) is 4. The number of primary amides is 1. The van der Waals surface area contributed by atoms with Crippen LogP contribution in [0.4, 0.5) is 0 Å². The van der Waals surface area contributed by atoms with Gasteiger partial charge in [0, 0.05) is 0 Å². The summed E-state index contributed by atoms with van der Waals surface area (Å²) < 4.78 is 1.24. The largest absolute Gasteiger partial charge is 0.368 e. The highest BCUT2D eigenvalue weighted by Crippen LogP contribution is 2.01. The van der Waals surface area contributed by atoms with Crippen molar-refractivity contribution in [2.75, 3.05) is 0 Å². The second-order valence-corrected chi connectivity index (χ2v) is 2.32. The molecule has 64 valence electrons. The summed E-state index contributed by atoms with van der Waals surface area (Å²) in [6.07, 6.45) is 1.92. The van der Waals surface area contributed by atoms with Gasteiger partial charge in [-0.25, -0.2) is 4.68 Å². The van der Waals surface area contributed by atoms with Gasteiger partial charge in [-0.2, -0.15) is 0 Å². The van der Waals surface area contributed by atoms with Gasteiger partial charge >= 0.3 is 0 Å². The second-order valence-electron chi connectivity index (χ2n) is 2.32. The number of rotatable bonds is 3. The van der Waals surface area contributed by atoms with Crippen LogP contribution in [-0.2, 0) is 4.79 Å². The SMILES string of the molecule is CC(C(N)=O)n1cc(C=O)nn1. The monoisotopic (exact) mass is 168 g/mol. The van der Waals surface area contributed by atoms with Crippen LogP contribution in [0.25, 0.3) is 0 Å². The molecule has 0 radical (unpaired) electrons. The van der Waals surface area contributed by atoms with E-state index in [1.165, 1.54) is 10.9 Å². The summed E-state index contributed by atoms with van der Waals surface area (Å²) in [6.45, 7) is 1.57. The van der Waals surface area contributed by atoms with E-state index in [0.717, 1.165) is 0 Å². The minimum atomic E-state index is -0.578. The molecule has 1 unspecified atom stereocenters. The Hall–Kier alpha value is -1.72. The number of carbonyl (C=O) groups is 2. The highest BCUT2D eigenvalue weighted by molar-refractivity contribution is 5.78. The van der Waals surface area contributed by atoms with Crippen LogP contribution < -0.4 is 5.73 Å². The molecule has 12 heavy (non-hydrogen) atoms. The number of carbonyl (C=O) groups excluding carboxylic acids is 2. The first-order valence-corrected chi connectivity index (χ1v) is 3.31. The van der Waals surface area contributed by atoms with E-state index >= 15 is 0 Å². The maximum absolute atomic E-state index is 10.6. The molecular weight excluding hydrogens is 160 g/mol. The van der Waals surface area contributed by atoms with Crippen molar-refractivity contribution in [3.63, 3.8) is 0 Å². The first-order chi connectivity index (χ1) is 5.65. The average molecular weight is 168 g/mol. The zero-order valence-corrected chi connectivity index (χ0v) is 6.47. The van der Waals surface area contributed by atoms with Gasteiger partial charge in [0.2, 0.25) is 5.91 Å². The van der Waals surface area contributed by atoms with Crippen molar-refractivity contribution in [1.29, 1.82) is 0 Å². The third-order valence-corrected chi connectivity index (χ3v) is 1.46. The number of aldehydes is 1. The first-order valence-electron chi connectivity index (χ1n) is 3.31. The lowest BCUT2D eigenvalue weighted by atomic mass is 10.3. The maximum atomic E-state index is 10.6. The van der Waals surface area contributed by atoms with Crippen LogP contribution in [0.15, 0.2) is 6.20 Å². The van der Waals surface area contributed by atoms with Gasteiger partial charge in [-0.1, -0.05) is 5.21 Å². The van der Waals surface area contributed by atoms with Crippen molar-refractivity contribution in [3.05, 3.63) is 11.9 Å². The van der Waals surface area contributed by atoms with Crippen molar-refractivity contribution in [2.24, 2.45) is 5.73 Å². The normalized spacial score (nSPS) is 12.4. The standard InChI is InChI=1S/C6H8N4O2/c1-4(6(7)12)10-2-5(3-11)8-9-10/h2-4H,1H3,(H2,7,12). The molecule has 6 nitrogen and oxygen atoms in total. The summed E-state index contributed by atoms with van der Waals surface area (Å²) in [5.74, 6) is -0.516. The third kappa shape index (κ3) is 1.47. The molecule has 1 atom stereocenters. The van der Waals surface area contributed by atoms with E-state index in [0.29, 0.717) is 6.29 Å². The highest BCUT2D eigenvalue weighted by Gasteiger charge is 2.12. The Morgan fingerprint density at radius 2 is 2.50 bits per heavy atom. The van der Waals surface area contributed by atoms with E-state index in [2.05, 4.69) is 10.3 Å². The van der Waals surface area contributed by atoms with Crippen LogP contribution in [0.1, 0.15) is 23.5 Å². The summed E-state index contributed by atoms with van der Waals surface area (Å²) in [6, 6.07) is -0.578. The molecule has 0 aliphatic carbocycles. The molecule has 1 amide bonds. The number of nitrogens with zero attached hydrogens (tertiary/aromatic N) is 3. The zero-order valence-electron chi connectivity index (χ0n) is 6.47.